The van der Waals surface area contributed by atoms with Crippen molar-refractivity contribution in [3.8, 4) is 0 Å². The third-order valence-electron chi connectivity index (χ3n) is 3.74. The molecule has 3 aliphatic rings. The molecule has 2 bridgehead atoms. The van der Waals surface area contributed by atoms with Crippen LogP contribution in [0.15, 0.2) is 30.3 Å². The van der Waals surface area contributed by atoms with E-state index in [0.717, 1.165) is 26.3 Å². The van der Waals surface area contributed by atoms with Crippen LogP contribution in [-0.2, 0) is 16.0 Å². The van der Waals surface area contributed by atoms with Gasteiger partial charge in [0.1, 0.15) is 0 Å². The molecule has 0 spiro atoms. The standard InChI is InChI=1S/C14H19NO2/c1-13-9-15(8-12-6-4-3-5-7-12)14(2,16-10-13)17-11-13/h3-7H,8-11H2,1-2H3. The normalized spacial score (nSPS) is 37.3. The van der Waals surface area contributed by atoms with Crippen molar-refractivity contribution in [3.63, 3.8) is 0 Å². The van der Waals surface area contributed by atoms with Crippen molar-refractivity contribution in [3.05, 3.63) is 35.9 Å². The minimum atomic E-state index is -0.534. The summed E-state index contributed by atoms with van der Waals surface area (Å²) in [6.45, 7) is 7.77. The highest BCUT2D eigenvalue weighted by Gasteiger charge is 2.51. The third-order valence-corrected chi connectivity index (χ3v) is 3.74. The van der Waals surface area contributed by atoms with E-state index in [1.165, 1.54) is 5.56 Å². The van der Waals surface area contributed by atoms with Gasteiger partial charge in [-0.2, -0.15) is 0 Å². The van der Waals surface area contributed by atoms with E-state index >= 15 is 0 Å². The molecule has 3 aliphatic heterocycles. The summed E-state index contributed by atoms with van der Waals surface area (Å²) in [5, 5.41) is 0. The third kappa shape index (κ3) is 1.99. The number of rotatable bonds is 2. The minimum absolute atomic E-state index is 0.145. The smallest absolute Gasteiger partial charge is 0.227 e. The van der Waals surface area contributed by atoms with Gasteiger partial charge in [0.25, 0.3) is 0 Å². The molecule has 0 N–H and O–H groups in total. The van der Waals surface area contributed by atoms with Crippen LogP contribution >= 0.6 is 0 Å². The van der Waals surface area contributed by atoms with E-state index in [2.05, 4.69) is 36.1 Å². The second-order valence-electron chi connectivity index (χ2n) is 5.63. The van der Waals surface area contributed by atoms with E-state index < -0.39 is 5.91 Å². The molecule has 3 heteroatoms. The first-order valence-electron chi connectivity index (χ1n) is 6.17. The molecule has 0 saturated carbocycles. The average Bonchev–Trinajstić information content (AvgIpc) is 2.33. The van der Waals surface area contributed by atoms with Crippen LogP contribution in [0.2, 0.25) is 0 Å². The zero-order chi connectivity index (χ0) is 11.9. The molecule has 3 nitrogen and oxygen atoms in total. The molecule has 92 valence electrons. The van der Waals surface area contributed by atoms with Gasteiger partial charge >= 0.3 is 0 Å². The predicted octanol–water partition coefficient (Wildman–Crippen LogP) is 2.23. The van der Waals surface area contributed by atoms with E-state index in [-0.39, 0.29) is 5.41 Å². The summed E-state index contributed by atoms with van der Waals surface area (Å²) in [5.74, 6) is -0.534. The lowest BCUT2D eigenvalue weighted by Crippen LogP contribution is -2.66. The van der Waals surface area contributed by atoms with Crippen LogP contribution in [0, 0.1) is 5.41 Å². The van der Waals surface area contributed by atoms with Gasteiger partial charge in [0.15, 0.2) is 0 Å². The molecule has 4 rings (SSSR count). The monoisotopic (exact) mass is 233 g/mol. The van der Waals surface area contributed by atoms with E-state index in [4.69, 9.17) is 9.47 Å². The molecular formula is C14H19NO2. The summed E-state index contributed by atoms with van der Waals surface area (Å²) >= 11 is 0. The van der Waals surface area contributed by atoms with Crippen molar-refractivity contribution in [1.29, 1.82) is 0 Å². The molecule has 1 aromatic carbocycles. The van der Waals surface area contributed by atoms with Crippen molar-refractivity contribution in [2.45, 2.75) is 26.3 Å². The number of fused-ring (bicyclic) bond motifs is 3. The highest BCUT2D eigenvalue weighted by molar-refractivity contribution is 5.15. The lowest BCUT2D eigenvalue weighted by atomic mass is 9.88. The summed E-state index contributed by atoms with van der Waals surface area (Å²) in [7, 11) is 0. The van der Waals surface area contributed by atoms with Crippen LogP contribution in [0.4, 0.5) is 0 Å². The molecule has 3 saturated heterocycles. The fraction of sp³-hybridized carbons (Fsp3) is 0.571. The summed E-state index contributed by atoms with van der Waals surface area (Å²) in [6.07, 6.45) is 0. The molecule has 17 heavy (non-hydrogen) atoms. The maximum Gasteiger partial charge on any atom is 0.227 e. The van der Waals surface area contributed by atoms with E-state index in [0.29, 0.717) is 0 Å². The maximum atomic E-state index is 5.86. The van der Waals surface area contributed by atoms with Crippen LogP contribution in [0.1, 0.15) is 19.4 Å². The Morgan fingerprint density at radius 1 is 1.12 bits per heavy atom. The van der Waals surface area contributed by atoms with Gasteiger partial charge in [0, 0.05) is 25.4 Å². The zero-order valence-electron chi connectivity index (χ0n) is 10.5. The molecule has 3 heterocycles. The number of benzene rings is 1. The summed E-state index contributed by atoms with van der Waals surface area (Å²) in [6, 6.07) is 10.5. The van der Waals surface area contributed by atoms with Gasteiger partial charge in [-0.3, -0.25) is 0 Å². The lowest BCUT2D eigenvalue weighted by molar-refractivity contribution is -0.400. The molecule has 0 atom stereocenters. The Kier molecular flexibility index (Phi) is 2.51. The van der Waals surface area contributed by atoms with E-state index in [1.807, 2.05) is 13.0 Å². The molecule has 0 amide bonds. The highest BCUT2D eigenvalue weighted by atomic mass is 16.7. The van der Waals surface area contributed by atoms with Crippen molar-refractivity contribution < 1.29 is 9.47 Å². The quantitative estimate of drug-likeness (QED) is 0.782. The zero-order valence-corrected chi connectivity index (χ0v) is 10.5. The Morgan fingerprint density at radius 3 is 2.41 bits per heavy atom. The fourth-order valence-electron chi connectivity index (χ4n) is 2.58. The summed E-state index contributed by atoms with van der Waals surface area (Å²) in [4.78, 5) is 2.29. The van der Waals surface area contributed by atoms with Gasteiger partial charge in [-0.25, -0.2) is 4.90 Å². The fourth-order valence-corrected chi connectivity index (χ4v) is 2.58. The first-order chi connectivity index (χ1) is 8.10. The van der Waals surface area contributed by atoms with Gasteiger partial charge in [-0.15, -0.1) is 0 Å². The Labute approximate surface area is 102 Å². The lowest BCUT2D eigenvalue weighted by Gasteiger charge is -2.56. The first kappa shape index (κ1) is 11.2. The number of hydrogen-bond donors (Lipinski definition) is 0. The van der Waals surface area contributed by atoms with Crippen LogP contribution in [0.3, 0.4) is 0 Å². The van der Waals surface area contributed by atoms with Gasteiger partial charge in [0.05, 0.1) is 13.2 Å². The molecule has 0 unspecified atom stereocenters. The molecule has 0 aromatic heterocycles. The Hall–Kier alpha value is -0.900. The maximum absolute atomic E-state index is 5.86. The highest BCUT2D eigenvalue weighted by Crippen LogP contribution is 2.40. The van der Waals surface area contributed by atoms with Crippen molar-refractivity contribution in [2.24, 2.45) is 5.41 Å². The molecular weight excluding hydrogens is 214 g/mol. The van der Waals surface area contributed by atoms with Gasteiger partial charge in [-0.05, 0) is 5.56 Å². The second-order valence-corrected chi connectivity index (χ2v) is 5.63. The van der Waals surface area contributed by atoms with Crippen LogP contribution in [-0.4, -0.2) is 30.6 Å². The molecule has 3 fully saturated rings. The van der Waals surface area contributed by atoms with Gasteiger partial charge in [0.2, 0.25) is 5.91 Å². The van der Waals surface area contributed by atoms with Crippen molar-refractivity contribution in [1.82, 2.24) is 4.90 Å². The van der Waals surface area contributed by atoms with Gasteiger partial charge < -0.3 is 9.47 Å². The van der Waals surface area contributed by atoms with Gasteiger partial charge in [-0.1, -0.05) is 37.3 Å². The second kappa shape index (κ2) is 3.80. The SMILES string of the molecule is CC12COC(C)(OC1)N(Cc1ccccc1)C2. The minimum Gasteiger partial charge on any atom is -0.337 e. The Balaban J connectivity index is 1.79. The number of nitrogens with zero attached hydrogens (tertiary/aromatic N) is 1. The number of hydrogen-bond acceptors (Lipinski definition) is 3. The van der Waals surface area contributed by atoms with Crippen molar-refractivity contribution >= 4 is 0 Å². The topological polar surface area (TPSA) is 21.7 Å². The van der Waals surface area contributed by atoms with Crippen LogP contribution in [0.25, 0.3) is 0 Å². The summed E-state index contributed by atoms with van der Waals surface area (Å²) < 4.78 is 11.7. The predicted molar refractivity (Wildman–Crippen MR) is 65.3 cm³/mol. The van der Waals surface area contributed by atoms with E-state index in [9.17, 15) is 0 Å². The largest absolute Gasteiger partial charge is 0.337 e. The Morgan fingerprint density at radius 2 is 1.76 bits per heavy atom. The van der Waals surface area contributed by atoms with Crippen LogP contribution < -0.4 is 0 Å². The average molecular weight is 233 g/mol. The molecule has 0 aliphatic carbocycles. The summed E-state index contributed by atoms with van der Waals surface area (Å²) in [5.41, 5.74) is 1.45. The van der Waals surface area contributed by atoms with E-state index in [1.54, 1.807) is 0 Å². The Bertz CT molecular complexity index is 396. The van der Waals surface area contributed by atoms with Crippen LogP contribution in [0.5, 0.6) is 0 Å². The van der Waals surface area contributed by atoms with Crippen molar-refractivity contribution in [2.75, 3.05) is 19.8 Å². The molecule has 0 radical (unpaired) electrons. The first-order valence-corrected chi connectivity index (χ1v) is 6.17. The molecule has 1 aromatic rings. The number of ether oxygens (including phenoxy) is 2.